The number of carbonyl (C=O) groups is 2. The summed E-state index contributed by atoms with van der Waals surface area (Å²) in [5.74, 6) is -1.15. The molecular formula is C19H20F2N2O3. The van der Waals surface area contributed by atoms with Crippen molar-refractivity contribution < 1.29 is 23.1 Å². The summed E-state index contributed by atoms with van der Waals surface area (Å²) >= 11 is 0. The van der Waals surface area contributed by atoms with Crippen molar-refractivity contribution in [3.8, 4) is 5.75 Å². The summed E-state index contributed by atoms with van der Waals surface area (Å²) in [6, 6.07) is 15.1. The highest BCUT2D eigenvalue weighted by atomic mass is 19.3. The quantitative estimate of drug-likeness (QED) is 0.785. The highest BCUT2D eigenvalue weighted by molar-refractivity contribution is 5.98. The van der Waals surface area contributed by atoms with Crippen LogP contribution in [0.3, 0.4) is 0 Å². The van der Waals surface area contributed by atoms with Crippen molar-refractivity contribution in [1.82, 2.24) is 10.2 Å². The van der Waals surface area contributed by atoms with E-state index in [9.17, 15) is 18.4 Å². The lowest BCUT2D eigenvalue weighted by Gasteiger charge is -2.21. The van der Waals surface area contributed by atoms with Crippen molar-refractivity contribution >= 4 is 11.8 Å². The second-order valence-corrected chi connectivity index (χ2v) is 5.45. The van der Waals surface area contributed by atoms with E-state index in [0.717, 1.165) is 5.56 Å². The van der Waals surface area contributed by atoms with E-state index >= 15 is 0 Å². The van der Waals surface area contributed by atoms with Crippen molar-refractivity contribution in [2.75, 3.05) is 13.1 Å². The number of amides is 2. The van der Waals surface area contributed by atoms with Gasteiger partial charge in [-0.1, -0.05) is 42.5 Å². The highest BCUT2D eigenvalue weighted by Gasteiger charge is 2.18. The Balaban J connectivity index is 1.96. The van der Waals surface area contributed by atoms with Gasteiger partial charge in [0.1, 0.15) is 5.75 Å². The van der Waals surface area contributed by atoms with E-state index in [4.69, 9.17) is 0 Å². The Morgan fingerprint density at radius 1 is 1.08 bits per heavy atom. The van der Waals surface area contributed by atoms with Crippen LogP contribution >= 0.6 is 0 Å². The molecule has 1 N–H and O–H groups in total. The van der Waals surface area contributed by atoms with Gasteiger partial charge in [-0.3, -0.25) is 9.59 Å². The number of hydrogen-bond acceptors (Lipinski definition) is 3. The Bertz CT molecular complexity index is 739. The Kier molecular flexibility index (Phi) is 7.08. The maximum absolute atomic E-state index is 12.4. The molecule has 7 heteroatoms. The molecule has 26 heavy (non-hydrogen) atoms. The minimum Gasteiger partial charge on any atom is -0.434 e. The van der Waals surface area contributed by atoms with Gasteiger partial charge in [0.15, 0.2) is 0 Å². The van der Waals surface area contributed by atoms with Crippen LogP contribution in [0.4, 0.5) is 8.78 Å². The summed E-state index contributed by atoms with van der Waals surface area (Å²) in [5, 5.41) is 2.46. The highest BCUT2D eigenvalue weighted by Crippen LogP contribution is 2.20. The van der Waals surface area contributed by atoms with Crippen LogP contribution in [0, 0.1) is 0 Å². The number of nitrogens with zero attached hydrogens (tertiary/aromatic N) is 1. The molecule has 0 fully saturated rings. The zero-order chi connectivity index (χ0) is 18.9. The summed E-state index contributed by atoms with van der Waals surface area (Å²) in [7, 11) is 0. The van der Waals surface area contributed by atoms with E-state index in [2.05, 4.69) is 10.1 Å². The predicted octanol–water partition coefficient (Wildman–Crippen LogP) is 3.07. The zero-order valence-corrected chi connectivity index (χ0v) is 14.3. The van der Waals surface area contributed by atoms with Gasteiger partial charge in [-0.15, -0.1) is 0 Å². The Labute approximate surface area is 150 Å². The minimum absolute atomic E-state index is 0.0493. The number of likely N-dealkylation sites (N-methyl/N-ethyl adjacent to an activating group) is 1. The van der Waals surface area contributed by atoms with Crippen molar-refractivity contribution in [1.29, 1.82) is 0 Å². The van der Waals surface area contributed by atoms with Crippen LogP contribution in [-0.4, -0.2) is 36.4 Å². The molecule has 0 saturated carbocycles. The smallest absolute Gasteiger partial charge is 0.387 e. The standard InChI is InChI=1S/C19H20F2N2O3/c1-2-23(13-14-8-4-3-5-9-14)17(24)12-22-18(25)15-10-6-7-11-16(15)26-19(20)21/h3-11,19H,2,12-13H2,1H3,(H,22,25). The third-order valence-corrected chi connectivity index (χ3v) is 3.70. The number of halogens is 2. The number of para-hydroxylation sites is 1. The lowest BCUT2D eigenvalue weighted by atomic mass is 10.2. The minimum atomic E-state index is -3.04. The van der Waals surface area contributed by atoms with Gasteiger partial charge in [-0.05, 0) is 24.6 Å². The molecule has 2 amide bonds. The zero-order valence-electron chi connectivity index (χ0n) is 14.3. The predicted molar refractivity (Wildman–Crippen MR) is 92.9 cm³/mol. The Morgan fingerprint density at radius 3 is 2.38 bits per heavy atom. The number of rotatable bonds is 8. The maximum atomic E-state index is 12.4. The van der Waals surface area contributed by atoms with Crippen molar-refractivity contribution in [2.45, 2.75) is 20.1 Å². The number of ether oxygens (including phenoxy) is 1. The monoisotopic (exact) mass is 362 g/mol. The first-order valence-electron chi connectivity index (χ1n) is 8.15. The van der Waals surface area contributed by atoms with Crippen LogP contribution in [0.15, 0.2) is 54.6 Å². The summed E-state index contributed by atoms with van der Waals surface area (Å²) in [6.45, 7) is -0.519. The fourth-order valence-corrected chi connectivity index (χ4v) is 2.40. The normalized spacial score (nSPS) is 10.5. The van der Waals surface area contributed by atoms with Gasteiger partial charge in [-0.2, -0.15) is 8.78 Å². The van der Waals surface area contributed by atoms with Crippen LogP contribution in [0.25, 0.3) is 0 Å². The third kappa shape index (κ3) is 5.54. The van der Waals surface area contributed by atoms with Crippen molar-refractivity contribution in [3.63, 3.8) is 0 Å². The van der Waals surface area contributed by atoms with Gasteiger partial charge in [0.25, 0.3) is 5.91 Å². The molecule has 5 nitrogen and oxygen atoms in total. The molecule has 0 aliphatic carbocycles. The molecule has 0 unspecified atom stereocenters. The number of benzene rings is 2. The van der Waals surface area contributed by atoms with Gasteiger partial charge in [0.2, 0.25) is 5.91 Å². The van der Waals surface area contributed by atoms with Gasteiger partial charge >= 0.3 is 6.61 Å². The molecule has 2 rings (SSSR count). The molecule has 0 bridgehead atoms. The lowest BCUT2D eigenvalue weighted by Crippen LogP contribution is -2.39. The van der Waals surface area contributed by atoms with Crippen LogP contribution in [-0.2, 0) is 11.3 Å². The molecule has 0 saturated heterocycles. The average Bonchev–Trinajstić information content (AvgIpc) is 2.64. The lowest BCUT2D eigenvalue weighted by molar-refractivity contribution is -0.130. The molecule has 0 aliphatic heterocycles. The Hall–Kier alpha value is -2.96. The summed E-state index contributed by atoms with van der Waals surface area (Å²) < 4.78 is 29.2. The van der Waals surface area contributed by atoms with E-state index < -0.39 is 12.5 Å². The molecule has 138 valence electrons. The summed E-state index contributed by atoms with van der Waals surface area (Å²) in [5.41, 5.74) is 0.927. The van der Waals surface area contributed by atoms with Gasteiger partial charge in [-0.25, -0.2) is 0 Å². The van der Waals surface area contributed by atoms with Crippen LogP contribution in [0.2, 0.25) is 0 Å². The summed E-state index contributed by atoms with van der Waals surface area (Å²) in [6.07, 6.45) is 0. The molecule has 0 spiro atoms. The molecule has 0 aliphatic rings. The van der Waals surface area contributed by atoms with Crippen LogP contribution in [0.5, 0.6) is 5.75 Å². The largest absolute Gasteiger partial charge is 0.434 e. The topological polar surface area (TPSA) is 58.6 Å². The number of carbonyl (C=O) groups excluding carboxylic acids is 2. The van der Waals surface area contributed by atoms with Gasteiger partial charge in [0, 0.05) is 13.1 Å². The van der Waals surface area contributed by atoms with Crippen molar-refractivity contribution in [2.24, 2.45) is 0 Å². The number of hydrogen-bond donors (Lipinski definition) is 1. The molecule has 2 aromatic rings. The average molecular weight is 362 g/mol. The fourth-order valence-electron chi connectivity index (χ4n) is 2.40. The molecule has 0 atom stereocenters. The van der Waals surface area contributed by atoms with Gasteiger partial charge in [0.05, 0.1) is 12.1 Å². The summed E-state index contributed by atoms with van der Waals surface area (Å²) in [4.78, 5) is 26.1. The first-order chi connectivity index (χ1) is 12.5. The molecule has 2 aromatic carbocycles. The van der Waals surface area contributed by atoms with Gasteiger partial charge < -0.3 is 15.0 Å². The van der Waals surface area contributed by atoms with E-state index in [0.29, 0.717) is 13.1 Å². The van der Waals surface area contributed by atoms with Crippen molar-refractivity contribution in [3.05, 3.63) is 65.7 Å². The van der Waals surface area contributed by atoms with E-state index in [1.165, 1.54) is 24.3 Å². The molecule has 0 aromatic heterocycles. The van der Waals surface area contributed by atoms with Crippen LogP contribution < -0.4 is 10.1 Å². The first-order valence-corrected chi connectivity index (χ1v) is 8.15. The number of nitrogens with one attached hydrogen (secondary N) is 1. The Morgan fingerprint density at radius 2 is 1.73 bits per heavy atom. The molecule has 0 radical (unpaired) electrons. The van der Waals surface area contributed by atoms with Crippen LogP contribution in [0.1, 0.15) is 22.8 Å². The number of alkyl halides is 2. The fraction of sp³-hybridized carbons (Fsp3) is 0.263. The van der Waals surface area contributed by atoms with E-state index in [1.54, 1.807) is 4.90 Å². The first kappa shape index (κ1) is 19.4. The SMILES string of the molecule is CCN(Cc1ccccc1)C(=O)CNC(=O)c1ccccc1OC(F)F. The second kappa shape index (κ2) is 9.50. The molecular weight excluding hydrogens is 342 g/mol. The van der Waals surface area contributed by atoms with E-state index in [-0.39, 0.29) is 23.8 Å². The van der Waals surface area contributed by atoms with E-state index in [1.807, 2.05) is 37.3 Å². The third-order valence-electron chi connectivity index (χ3n) is 3.70. The second-order valence-electron chi connectivity index (χ2n) is 5.45. The molecule has 0 heterocycles. The maximum Gasteiger partial charge on any atom is 0.387 e.